The Kier molecular flexibility index (Phi) is 7.32. The van der Waals surface area contributed by atoms with E-state index in [0.29, 0.717) is 6.54 Å². The highest BCUT2D eigenvalue weighted by atomic mass is 35.5. The first kappa shape index (κ1) is 21.7. The van der Waals surface area contributed by atoms with E-state index in [4.69, 9.17) is 11.6 Å². The van der Waals surface area contributed by atoms with Crippen LogP contribution in [0.3, 0.4) is 0 Å². The van der Waals surface area contributed by atoms with Gasteiger partial charge < -0.3 is 10.2 Å². The molecule has 0 spiro atoms. The number of nitrogens with zero attached hydrogens (tertiary/aromatic N) is 3. The zero-order valence-corrected chi connectivity index (χ0v) is 17.8. The van der Waals surface area contributed by atoms with E-state index in [1.54, 1.807) is 4.68 Å². The number of amides is 1. The summed E-state index contributed by atoms with van der Waals surface area (Å²) in [5.41, 5.74) is 2.32. The number of carbonyl (C=O) groups excluding carboxylic acids is 1. The number of nitrogens with one attached hydrogen (secondary N) is 1. The largest absolute Gasteiger partial charge is 0.342 e. The maximum atomic E-state index is 13.2. The molecule has 148 valence electrons. The number of benzene rings is 1. The Balaban J connectivity index is 0.00000261. The van der Waals surface area contributed by atoms with Gasteiger partial charge in [-0.15, -0.1) is 12.4 Å². The summed E-state index contributed by atoms with van der Waals surface area (Å²) in [6.45, 7) is 5.80. The van der Waals surface area contributed by atoms with Gasteiger partial charge in [0.1, 0.15) is 0 Å². The SMILES string of the molecule is CC(c1ccc(Cl)cc1)C(C)N(C)C(=O)[C@H]1CNC[C@@H]1c1cnn(C)c1.Cl. The molecule has 1 aromatic carbocycles. The lowest BCUT2D eigenvalue weighted by Crippen LogP contribution is -2.43. The summed E-state index contributed by atoms with van der Waals surface area (Å²) in [6, 6.07) is 7.98. The van der Waals surface area contributed by atoms with Gasteiger partial charge in [-0.2, -0.15) is 5.10 Å². The minimum Gasteiger partial charge on any atom is -0.342 e. The van der Waals surface area contributed by atoms with Gasteiger partial charge in [0.05, 0.1) is 12.1 Å². The zero-order chi connectivity index (χ0) is 18.8. The van der Waals surface area contributed by atoms with E-state index in [1.165, 1.54) is 5.56 Å². The van der Waals surface area contributed by atoms with E-state index < -0.39 is 0 Å². The number of hydrogen-bond donors (Lipinski definition) is 1. The molecule has 2 heterocycles. The van der Waals surface area contributed by atoms with Crippen molar-refractivity contribution in [1.29, 1.82) is 0 Å². The summed E-state index contributed by atoms with van der Waals surface area (Å²) in [5.74, 6) is 0.547. The molecule has 1 amide bonds. The van der Waals surface area contributed by atoms with Crippen LogP contribution in [0.25, 0.3) is 0 Å². The van der Waals surface area contributed by atoms with E-state index in [0.717, 1.165) is 17.1 Å². The zero-order valence-electron chi connectivity index (χ0n) is 16.2. The smallest absolute Gasteiger partial charge is 0.227 e. The molecule has 0 bridgehead atoms. The Bertz CT molecular complexity index is 762. The van der Waals surface area contributed by atoms with Crippen LogP contribution < -0.4 is 5.32 Å². The third kappa shape index (κ3) is 4.65. The van der Waals surface area contributed by atoms with Crippen LogP contribution in [0.2, 0.25) is 5.02 Å². The highest BCUT2D eigenvalue weighted by molar-refractivity contribution is 6.30. The maximum absolute atomic E-state index is 13.2. The van der Waals surface area contributed by atoms with Gasteiger partial charge in [0, 0.05) is 56.3 Å². The second-order valence-electron chi connectivity index (χ2n) is 7.35. The Hall–Kier alpha value is -1.56. The fourth-order valence-corrected chi connectivity index (χ4v) is 3.89. The van der Waals surface area contributed by atoms with E-state index in [-0.39, 0.29) is 42.1 Å². The van der Waals surface area contributed by atoms with Crippen LogP contribution in [0, 0.1) is 5.92 Å². The lowest BCUT2D eigenvalue weighted by molar-refractivity contribution is -0.136. The van der Waals surface area contributed by atoms with Gasteiger partial charge in [-0.3, -0.25) is 9.48 Å². The van der Waals surface area contributed by atoms with Crippen LogP contribution in [-0.2, 0) is 11.8 Å². The van der Waals surface area contributed by atoms with Crippen molar-refractivity contribution in [3.63, 3.8) is 0 Å². The third-order valence-corrected chi connectivity index (χ3v) is 6.01. The molecule has 1 aromatic heterocycles. The number of halogens is 2. The lowest BCUT2D eigenvalue weighted by atomic mass is 9.88. The molecule has 1 aliphatic heterocycles. The summed E-state index contributed by atoms with van der Waals surface area (Å²) >= 11 is 5.99. The van der Waals surface area contributed by atoms with Gasteiger partial charge in [0.15, 0.2) is 0 Å². The summed E-state index contributed by atoms with van der Waals surface area (Å²) in [6.07, 6.45) is 3.88. The molecule has 0 aliphatic carbocycles. The van der Waals surface area contributed by atoms with Gasteiger partial charge in [-0.25, -0.2) is 0 Å². The van der Waals surface area contributed by atoms with Crippen molar-refractivity contribution in [3.05, 3.63) is 52.8 Å². The second kappa shape index (κ2) is 9.09. The quantitative estimate of drug-likeness (QED) is 0.820. The first-order valence-electron chi connectivity index (χ1n) is 9.10. The second-order valence-corrected chi connectivity index (χ2v) is 7.78. The minimum absolute atomic E-state index is 0. The van der Waals surface area contributed by atoms with Gasteiger partial charge in [-0.1, -0.05) is 30.7 Å². The summed E-state index contributed by atoms with van der Waals surface area (Å²) < 4.78 is 1.80. The molecule has 0 radical (unpaired) electrons. The maximum Gasteiger partial charge on any atom is 0.227 e. The Labute approximate surface area is 172 Å². The monoisotopic (exact) mass is 410 g/mol. The van der Waals surface area contributed by atoms with Crippen molar-refractivity contribution in [2.24, 2.45) is 13.0 Å². The number of hydrogen-bond acceptors (Lipinski definition) is 3. The molecule has 1 fully saturated rings. The molecule has 7 heteroatoms. The van der Waals surface area contributed by atoms with Crippen LogP contribution in [0.15, 0.2) is 36.7 Å². The van der Waals surface area contributed by atoms with Crippen molar-refractivity contribution in [1.82, 2.24) is 20.0 Å². The minimum atomic E-state index is -0.0518. The van der Waals surface area contributed by atoms with E-state index in [2.05, 4.69) is 24.3 Å². The van der Waals surface area contributed by atoms with E-state index >= 15 is 0 Å². The van der Waals surface area contributed by atoms with Crippen molar-refractivity contribution >= 4 is 29.9 Å². The first-order chi connectivity index (χ1) is 12.4. The summed E-state index contributed by atoms with van der Waals surface area (Å²) in [4.78, 5) is 15.1. The van der Waals surface area contributed by atoms with Crippen LogP contribution in [0.5, 0.6) is 0 Å². The van der Waals surface area contributed by atoms with E-state index in [9.17, 15) is 4.79 Å². The number of likely N-dealkylation sites (N-methyl/N-ethyl adjacent to an activating group) is 1. The predicted molar refractivity (Wildman–Crippen MR) is 112 cm³/mol. The summed E-state index contributed by atoms with van der Waals surface area (Å²) in [7, 11) is 3.82. The molecule has 2 unspecified atom stereocenters. The van der Waals surface area contributed by atoms with Crippen LogP contribution in [-0.4, -0.2) is 46.8 Å². The van der Waals surface area contributed by atoms with Crippen molar-refractivity contribution < 1.29 is 4.79 Å². The molecule has 2 aromatic rings. The normalized spacial score (nSPS) is 21.4. The molecular formula is C20H28Cl2N4O. The predicted octanol–water partition coefficient (Wildman–Crippen LogP) is 3.45. The molecule has 1 saturated heterocycles. The highest BCUT2D eigenvalue weighted by Gasteiger charge is 2.37. The number of aromatic nitrogens is 2. The van der Waals surface area contributed by atoms with Gasteiger partial charge in [-0.05, 0) is 30.2 Å². The van der Waals surface area contributed by atoms with E-state index in [1.807, 2.05) is 55.7 Å². The topological polar surface area (TPSA) is 50.2 Å². The fraction of sp³-hybridized carbons (Fsp3) is 0.500. The Morgan fingerprint density at radius 2 is 1.96 bits per heavy atom. The van der Waals surface area contributed by atoms with Gasteiger partial charge >= 0.3 is 0 Å². The van der Waals surface area contributed by atoms with Crippen LogP contribution in [0.1, 0.15) is 36.8 Å². The first-order valence-corrected chi connectivity index (χ1v) is 9.47. The lowest BCUT2D eigenvalue weighted by Gasteiger charge is -2.33. The average molecular weight is 411 g/mol. The highest BCUT2D eigenvalue weighted by Crippen LogP contribution is 2.31. The number of carbonyl (C=O) groups is 1. The fourth-order valence-electron chi connectivity index (χ4n) is 3.76. The molecule has 1 N–H and O–H groups in total. The molecule has 1 aliphatic rings. The number of rotatable bonds is 5. The average Bonchev–Trinajstić information content (AvgIpc) is 3.28. The molecule has 3 rings (SSSR count). The standard InChI is InChI=1S/C20H27ClN4O.ClH/c1-13(15-5-7-17(21)8-6-15)14(2)25(4)20(26)19-11-22-10-18(19)16-9-23-24(3)12-16;/h5-9,12-14,18-19,22H,10-11H2,1-4H3;1H/t13?,14?,18-,19+;/m1./s1. The molecule has 4 atom stereocenters. The van der Waals surface area contributed by atoms with Gasteiger partial charge in [0.2, 0.25) is 5.91 Å². The van der Waals surface area contributed by atoms with Crippen molar-refractivity contribution in [2.45, 2.75) is 31.7 Å². The molecule has 0 saturated carbocycles. The molecule has 27 heavy (non-hydrogen) atoms. The Morgan fingerprint density at radius 3 is 2.56 bits per heavy atom. The molecular weight excluding hydrogens is 383 g/mol. The van der Waals surface area contributed by atoms with Crippen LogP contribution >= 0.6 is 24.0 Å². The molecule has 5 nitrogen and oxygen atoms in total. The van der Waals surface area contributed by atoms with Gasteiger partial charge in [0.25, 0.3) is 0 Å². The van der Waals surface area contributed by atoms with Crippen LogP contribution in [0.4, 0.5) is 0 Å². The Morgan fingerprint density at radius 1 is 1.30 bits per heavy atom. The third-order valence-electron chi connectivity index (χ3n) is 5.76. The summed E-state index contributed by atoms with van der Waals surface area (Å²) in [5, 5.41) is 8.37. The van der Waals surface area contributed by atoms with Crippen molar-refractivity contribution in [3.8, 4) is 0 Å². The van der Waals surface area contributed by atoms with Crippen molar-refractivity contribution in [2.75, 3.05) is 20.1 Å². The number of aryl methyl sites for hydroxylation is 1.